The molecule has 2 heterocycles. The standard InChI is InChI=1S/C18H21N3O2S/c22-17(21-12-6-1-2-7-13-21)14-24-18-20-19-16(23-18)11-10-15-8-4-3-5-9-15/h3-5,8-11H,1-2,6-7,12-14H2/b11-10+. The summed E-state index contributed by atoms with van der Waals surface area (Å²) in [4.78, 5) is 14.2. The summed E-state index contributed by atoms with van der Waals surface area (Å²) in [6.45, 7) is 1.74. The van der Waals surface area contributed by atoms with Crippen LogP contribution in [0.5, 0.6) is 0 Å². The van der Waals surface area contributed by atoms with Crippen LogP contribution in [0.4, 0.5) is 0 Å². The minimum atomic E-state index is 0.154. The van der Waals surface area contributed by atoms with Crippen LogP contribution in [0, 0.1) is 0 Å². The van der Waals surface area contributed by atoms with E-state index in [-0.39, 0.29) is 5.91 Å². The minimum Gasteiger partial charge on any atom is -0.412 e. The van der Waals surface area contributed by atoms with Gasteiger partial charge in [-0.1, -0.05) is 54.9 Å². The van der Waals surface area contributed by atoms with Gasteiger partial charge in [0.1, 0.15) is 0 Å². The first-order chi connectivity index (χ1) is 11.8. The molecule has 1 fully saturated rings. The third-order valence-corrected chi connectivity index (χ3v) is 4.72. The van der Waals surface area contributed by atoms with Crippen molar-refractivity contribution in [2.45, 2.75) is 30.9 Å². The van der Waals surface area contributed by atoms with Crippen molar-refractivity contribution in [1.82, 2.24) is 15.1 Å². The average molecular weight is 343 g/mol. The van der Waals surface area contributed by atoms with Crippen molar-refractivity contribution < 1.29 is 9.21 Å². The van der Waals surface area contributed by atoms with E-state index < -0.39 is 0 Å². The van der Waals surface area contributed by atoms with E-state index >= 15 is 0 Å². The van der Waals surface area contributed by atoms with Gasteiger partial charge in [-0.25, -0.2) is 0 Å². The third-order valence-electron chi connectivity index (χ3n) is 3.92. The van der Waals surface area contributed by atoms with Crippen molar-refractivity contribution in [2.75, 3.05) is 18.8 Å². The molecule has 6 heteroatoms. The van der Waals surface area contributed by atoms with Gasteiger partial charge in [-0.15, -0.1) is 10.2 Å². The van der Waals surface area contributed by atoms with E-state index in [0.717, 1.165) is 31.5 Å². The molecule has 1 aromatic heterocycles. The SMILES string of the molecule is O=C(CSc1nnc(/C=C/c2ccccc2)o1)N1CCCCCC1. The van der Waals surface area contributed by atoms with Crippen LogP contribution in [0.2, 0.25) is 0 Å². The summed E-state index contributed by atoms with van der Waals surface area (Å²) in [5.74, 6) is 0.953. The highest BCUT2D eigenvalue weighted by Crippen LogP contribution is 2.19. The Bertz CT molecular complexity index is 677. The molecule has 0 atom stereocenters. The highest BCUT2D eigenvalue weighted by Gasteiger charge is 2.16. The Hall–Kier alpha value is -2.08. The highest BCUT2D eigenvalue weighted by molar-refractivity contribution is 7.99. The van der Waals surface area contributed by atoms with Crippen LogP contribution in [0.25, 0.3) is 12.2 Å². The predicted molar refractivity (Wildman–Crippen MR) is 95.4 cm³/mol. The van der Waals surface area contributed by atoms with E-state index in [2.05, 4.69) is 10.2 Å². The summed E-state index contributed by atoms with van der Waals surface area (Å²) in [6.07, 6.45) is 8.35. The lowest BCUT2D eigenvalue weighted by Gasteiger charge is -2.19. The first kappa shape index (κ1) is 16.8. The molecule has 0 radical (unpaired) electrons. The number of thioether (sulfide) groups is 1. The molecule has 0 N–H and O–H groups in total. The molecule has 1 saturated heterocycles. The molecule has 24 heavy (non-hydrogen) atoms. The molecule has 0 saturated carbocycles. The second-order valence-electron chi connectivity index (χ2n) is 5.73. The van der Waals surface area contributed by atoms with Crippen molar-refractivity contribution in [3.63, 3.8) is 0 Å². The number of aromatic nitrogens is 2. The van der Waals surface area contributed by atoms with Gasteiger partial charge in [0.25, 0.3) is 5.22 Å². The number of hydrogen-bond donors (Lipinski definition) is 0. The Morgan fingerprint density at radius 2 is 1.83 bits per heavy atom. The lowest BCUT2D eigenvalue weighted by Crippen LogP contribution is -2.33. The molecule has 0 aliphatic carbocycles. The molecule has 0 spiro atoms. The number of carbonyl (C=O) groups is 1. The normalized spacial score (nSPS) is 15.6. The first-order valence-electron chi connectivity index (χ1n) is 8.28. The van der Waals surface area contributed by atoms with Crippen LogP contribution in [0.3, 0.4) is 0 Å². The van der Waals surface area contributed by atoms with Gasteiger partial charge in [0.15, 0.2) is 0 Å². The van der Waals surface area contributed by atoms with Gasteiger partial charge in [-0.3, -0.25) is 4.79 Å². The van der Waals surface area contributed by atoms with Crippen LogP contribution in [0.15, 0.2) is 40.0 Å². The summed E-state index contributed by atoms with van der Waals surface area (Å²) in [6, 6.07) is 9.93. The Morgan fingerprint density at radius 1 is 1.08 bits per heavy atom. The van der Waals surface area contributed by atoms with Gasteiger partial charge in [0.05, 0.1) is 5.75 Å². The monoisotopic (exact) mass is 343 g/mol. The van der Waals surface area contributed by atoms with Gasteiger partial charge in [0.2, 0.25) is 11.8 Å². The molecular formula is C18H21N3O2S. The summed E-state index contributed by atoms with van der Waals surface area (Å²) in [5, 5.41) is 8.41. The Morgan fingerprint density at radius 3 is 2.58 bits per heavy atom. The van der Waals surface area contributed by atoms with Crippen molar-refractivity contribution in [1.29, 1.82) is 0 Å². The third kappa shape index (κ3) is 4.96. The predicted octanol–water partition coefficient (Wildman–Crippen LogP) is 3.73. The Labute approximate surface area is 146 Å². The van der Waals surface area contributed by atoms with Crippen LogP contribution >= 0.6 is 11.8 Å². The molecule has 2 aromatic rings. The number of rotatable bonds is 5. The van der Waals surface area contributed by atoms with Gasteiger partial charge in [-0.05, 0) is 24.5 Å². The van der Waals surface area contributed by atoms with E-state index in [1.165, 1.54) is 24.6 Å². The first-order valence-corrected chi connectivity index (χ1v) is 9.27. The zero-order valence-corrected chi connectivity index (χ0v) is 14.4. The maximum Gasteiger partial charge on any atom is 0.277 e. The van der Waals surface area contributed by atoms with Crippen molar-refractivity contribution in [2.24, 2.45) is 0 Å². The number of likely N-dealkylation sites (tertiary alicyclic amines) is 1. The molecular weight excluding hydrogens is 322 g/mol. The van der Waals surface area contributed by atoms with Gasteiger partial charge in [-0.2, -0.15) is 0 Å². The summed E-state index contributed by atoms with van der Waals surface area (Å²) in [7, 11) is 0. The second-order valence-corrected chi connectivity index (χ2v) is 6.66. The smallest absolute Gasteiger partial charge is 0.277 e. The fourth-order valence-corrected chi connectivity index (χ4v) is 3.28. The Kier molecular flexibility index (Phi) is 6.07. The molecule has 126 valence electrons. The largest absolute Gasteiger partial charge is 0.412 e. The minimum absolute atomic E-state index is 0.154. The molecule has 1 aliphatic heterocycles. The number of hydrogen-bond acceptors (Lipinski definition) is 5. The number of carbonyl (C=O) groups excluding carboxylic acids is 1. The zero-order chi connectivity index (χ0) is 16.6. The van der Waals surface area contributed by atoms with Crippen LogP contribution < -0.4 is 0 Å². The van der Waals surface area contributed by atoms with Crippen LogP contribution in [0.1, 0.15) is 37.1 Å². The van der Waals surface area contributed by atoms with E-state index in [4.69, 9.17) is 4.42 Å². The van der Waals surface area contributed by atoms with Gasteiger partial charge in [0, 0.05) is 19.2 Å². The molecule has 1 aromatic carbocycles. The van der Waals surface area contributed by atoms with E-state index in [1.807, 2.05) is 41.3 Å². The molecule has 3 rings (SSSR count). The van der Waals surface area contributed by atoms with Gasteiger partial charge >= 0.3 is 0 Å². The molecule has 5 nitrogen and oxygen atoms in total. The molecule has 0 bridgehead atoms. The summed E-state index contributed by atoms with van der Waals surface area (Å²) < 4.78 is 5.55. The van der Waals surface area contributed by atoms with E-state index in [9.17, 15) is 4.79 Å². The molecule has 1 aliphatic rings. The maximum atomic E-state index is 12.2. The van der Waals surface area contributed by atoms with Crippen molar-refractivity contribution in [3.05, 3.63) is 41.8 Å². The van der Waals surface area contributed by atoms with Crippen LogP contribution in [-0.2, 0) is 4.79 Å². The lowest BCUT2D eigenvalue weighted by atomic mass is 10.2. The van der Waals surface area contributed by atoms with E-state index in [0.29, 0.717) is 16.9 Å². The van der Waals surface area contributed by atoms with Crippen LogP contribution in [-0.4, -0.2) is 39.8 Å². The van der Waals surface area contributed by atoms with Crippen molar-refractivity contribution in [3.8, 4) is 0 Å². The average Bonchev–Trinajstić information content (AvgIpc) is 2.89. The van der Waals surface area contributed by atoms with E-state index in [1.54, 1.807) is 6.08 Å². The maximum absolute atomic E-state index is 12.2. The number of nitrogens with zero attached hydrogens (tertiary/aromatic N) is 3. The Balaban J connectivity index is 1.50. The fraction of sp³-hybridized carbons (Fsp3) is 0.389. The summed E-state index contributed by atoms with van der Waals surface area (Å²) in [5.41, 5.74) is 1.07. The lowest BCUT2D eigenvalue weighted by molar-refractivity contribution is -0.128. The molecule has 1 amide bonds. The number of benzene rings is 1. The van der Waals surface area contributed by atoms with Crippen molar-refractivity contribution >= 4 is 29.8 Å². The summed E-state index contributed by atoms with van der Waals surface area (Å²) >= 11 is 1.31. The second kappa shape index (κ2) is 8.68. The quantitative estimate of drug-likeness (QED) is 0.774. The van der Waals surface area contributed by atoms with Gasteiger partial charge < -0.3 is 9.32 Å². The molecule has 0 unspecified atom stereocenters. The number of amides is 1. The fourth-order valence-electron chi connectivity index (χ4n) is 2.61. The zero-order valence-electron chi connectivity index (χ0n) is 13.6. The topological polar surface area (TPSA) is 59.2 Å². The highest BCUT2D eigenvalue weighted by atomic mass is 32.2.